The Morgan fingerprint density at radius 2 is 2.32 bits per heavy atom. The molecule has 0 aromatic heterocycles. The molecular formula is C14H20ClN3S. The maximum Gasteiger partial charge on any atom is 0.210 e. The molecule has 2 rings (SSSR count). The van der Waals surface area contributed by atoms with Gasteiger partial charge in [-0.3, -0.25) is 0 Å². The monoisotopic (exact) mass is 297 g/mol. The molecule has 1 atom stereocenters. The molecule has 0 radical (unpaired) electrons. The highest BCUT2D eigenvalue weighted by Gasteiger charge is 2.31. The highest BCUT2D eigenvalue weighted by atomic mass is 35.5. The van der Waals surface area contributed by atoms with Gasteiger partial charge in [0.05, 0.1) is 0 Å². The lowest BCUT2D eigenvalue weighted by molar-refractivity contribution is 0.262. The standard InChI is InChI=1S/C14H20ClN3S/c15-14(17-13(16)19)9-4-5-10-18(14)11-8-12-6-2-1-3-7-12/h4-6,9-10H,1-3,7-8,11H2,(H3,16,17,19). The second kappa shape index (κ2) is 6.44. The Labute approximate surface area is 125 Å². The molecule has 0 aromatic carbocycles. The van der Waals surface area contributed by atoms with Gasteiger partial charge in [-0.05, 0) is 56.5 Å². The van der Waals surface area contributed by atoms with Gasteiger partial charge >= 0.3 is 0 Å². The molecule has 0 fully saturated rings. The number of allylic oxidation sites excluding steroid dienone is 3. The molecule has 1 unspecified atom stereocenters. The second-order valence-corrected chi connectivity index (χ2v) is 5.93. The lowest BCUT2D eigenvalue weighted by Gasteiger charge is -2.38. The van der Waals surface area contributed by atoms with Gasteiger partial charge < -0.3 is 16.0 Å². The van der Waals surface area contributed by atoms with Crippen molar-refractivity contribution in [3.63, 3.8) is 0 Å². The van der Waals surface area contributed by atoms with E-state index in [4.69, 9.17) is 29.6 Å². The maximum absolute atomic E-state index is 6.54. The summed E-state index contributed by atoms with van der Waals surface area (Å²) in [6.07, 6.45) is 16.1. The first-order valence-electron chi connectivity index (χ1n) is 6.67. The van der Waals surface area contributed by atoms with Crippen LogP contribution in [0, 0.1) is 0 Å². The summed E-state index contributed by atoms with van der Waals surface area (Å²) in [7, 11) is 0. The molecule has 5 heteroatoms. The Morgan fingerprint density at radius 3 is 3.00 bits per heavy atom. The van der Waals surface area contributed by atoms with Gasteiger partial charge in [0, 0.05) is 12.7 Å². The van der Waals surface area contributed by atoms with Crippen LogP contribution >= 0.6 is 23.8 Å². The highest BCUT2D eigenvalue weighted by Crippen LogP contribution is 2.26. The largest absolute Gasteiger partial charge is 0.376 e. The molecule has 104 valence electrons. The van der Waals surface area contributed by atoms with Crippen LogP contribution in [0.25, 0.3) is 0 Å². The van der Waals surface area contributed by atoms with Crippen LogP contribution in [0.5, 0.6) is 0 Å². The Morgan fingerprint density at radius 1 is 1.47 bits per heavy atom. The van der Waals surface area contributed by atoms with E-state index < -0.39 is 5.12 Å². The van der Waals surface area contributed by atoms with Crippen LogP contribution in [-0.2, 0) is 0 Å². The van der Waals surface area contributed by atoms with E-state index in [0.717, 1.165) is 13.0 Å². The molecule has 1 heterocycles. The molecule has 0 bridgehead atoms. The predicted molar refractivity (Wildman–Crippen MR) is 84.7 cm³/mol. The molecule has 3 nitrogen and oxygen atoms in total. The minimum Gasteiger partial charge on any atom is -0.376 e. The zero-order valence-electron chi connectivity index (χ0n) is 10.9. The summed E-state index contributed by atoms with van der Waals surface area (Å²) in [4.78, 5) is 2.03. The van der Waals surface area contributed by atoms with Crippen LogP contribution in [0.3, 0.4) is 0 Å². The molecular weight excluding hydrogens is 278 g/mol. The van der Waals surface area contributed by atoms with Crippen molar-refractivity contribution in [2.24, 2.45) is 5.73 Å². The lowest BCUT2D eigenvalue weighted by atomic mass is 9.97. The molecule has 0 aromatic rings. The van der Waals surface area contributed by atoms with E-state index in [-0.39, 0.29) is 5.11 Å². The van der Waals surface area contributed by atoms with E-state index >= 15 is 0 Å². The van der Waals surface area contributed by atoms with Gasteiger partial charge in [0.1, 0.15) is 0 Å². The highest BCUT2D eigenvalue weighted by molar-refractivity contribution is 7.80. The molecule has 0 saturated heterocycles. The average Bonchev–Trinajstić information content (AvgIpc) is 2.38. The van der Waals surface area contributed by atoms with E-state index in [1.165, 1.54) is 31.3 Å². The fourth-order valence-corrected chi connectivity index (χ4v) is 2.99. The topological polar surface area (TPSA) is 41.3 Å². The number of nitrogens with two attached hydrogens (primary N) is 1. The first kappa shape index (κ1) is 14.4. The summed E-state index contributed by atoms with van der Waals surface area (Å²) < 4.78 is 0. The van der Waals surface area contributed by atoms with Crippen LogP contribution in [-0.4, -0.2) is 21.7 Å². The SMILES string of the molecule is NC(=S)NC1(Cl)C=CC=CN1CCC1=CCCCC1. The number of thiocarbonyl (C=S) groups is 1. The van der Waals surface area contributed by atoms with E-state index in [9.17, 15) is 0 Å². The number of alkyl halides is 1. The number of nitrogens with one attached hydrogen (secondary N) is 1. The summed E-state index contributed by atoms with van der Waals surface area (Å²) >= 11 is 11.4. The van der Waals surface area contributed by atoms with Crippen molar-refractivity contribution in [2.75, 3.05) is 6.54 Å². The zero-order valence-corrected chi connectivity index (χ0v) is 12.5. The number of halogens is 1. The molecule has 0 spiro atoms. The normalized spacial score (nSPS) is 26.2. The van der Waals surface area contributed by atoms with E-state index in [2.05, 4.69) is 11.4 Å². The first-order valence-corrected chi connectivity index (χ1v) is 7.46. The second-order valence-electron chi connectivity index (χ2n) is 4.91. The Kier molecular flexibility index (Phi) is 4.88. The van der Waals surface area contributed by atoms with Crippen molar-refractivity contribution in [3.8, 4) is 0 Å². The van der Waals surface area contributed by atoms with Crippen LogP contribution < -0.4 is 11.1 Å². The molecule has 3 N–H and O–H groups in total. The molecule has 0 amide bonds. The first-order chi connectivity index (χ1) is 9.10. The third-order valence-electron chi connectivity index (χ3n) is 3.47. The van der Waals surface area contributed by atoms with Gasteiger partial charge in [0.25, 0.3) is 0 Å². The van der Waals surface area contributed by atoms with Crippen molar-refractivity contribution in [1.82, 2.24) is 10.2 Å². The fourth-order valence-electron chi connectivity index (χ4n) is 2.46. The van der Waals surface area contributed by atoms with Crippen molar-refractivity contribution < 1.29 is 0 Å². The van der Waals surface area contributed by atoms with Crippen molar-refractivity contribution in [1.29, 1.82) is 0 Å². The Bertz CT molecular complexity index is 430. The van der Waals surface area contributed by atoms with E-state index in [0.29, 0.717) is 0 Å². The number of nitrogens with zero attached hydrogens (tertiary/aromatic N) is 1. The minimum absolute atomic E-state index is 0.205. The van der Waals surface area contributed by atoms with Gasteiger partial charge in [-0.2, -0.15) is 0 Å². The van der Waals surface area contributed by atoms with Gasteiger partial charge in [-0.25, -0.2) is 0 Å². The third kappa shape index (κ3) is 3.98. The van der Waals surface area contributed by atoms with Gasteiger partial charge in [0.2, 0.25) is 5.12 Å². The number of rotatable bonds is 4. The minimum atomic E-state index is -0.837. The Balaban J connectivity index is 1.96. The summed E-state index contributed by atoms with van der Waals surface area (Å²) in [6.45, 7) is 0.853. The molecule has 0 saturated carbocycles. The quantitative estimate of drug-likeness (QED) is 0.362. The summed E-state index contributed by atoms with van der Waals surface area (Å²) in [6, 6.07) is 0. The van der Waals surface area contributed by atoms with Gasteiger partial charge in [0.15, 0.2) is 5.11 Å². The van der Waals surface area contributed by atoms with Gasteiger partial charge in [-0.1, -0.05) is 29.3 Å². The molecule has 2 aliphatic rings. The van der Waals surface area contributed by atoms with Crippen LogP contribution in [0.15, 0.2) is 36.1 Å². The molecule has 1 aliphatic heterocycles. The predicted octanol–water partition coefficient (Wildman–Crippen LogP) is 2.99. The lowest BCUT2D eigenvalue weighted by Crippen LogP contribution is -2.55. The maximum atomic E-state index is 6.54. The van der Waals surface area contributed by atoms with E-state index in [1.54, 1.807) is 0 Å². The van der Waals surface area contributed by atoms with E-state index in [1.807, 2.05) is 29.3 Å². The summed E-state index contributed by atoms with van der Waals surface area (Å²) in [5, 5.41) is 2.31. The number of hydrogen-bond acceptors (Lipinski definition) is 2. The Hall–Kier alpha value is -1.00. The van der Waals surface area contributed by atoms with Crippen LogP contribution in [0.1, 0.15) is 32.1 Å². The van der Waals surface area contributed by atoms with Crippen molar-refractivity contribution in [2.45, 2.75) is 37.2 Å². The van der Waals surface area contributed by atoms with Crippen molar-refractivity contribution >= 4 is 28.9 Å². The molecule has 19 heavy (non-hydrogen) atoms. The smallest absolute Gasteiger partial charge is 0.210 e. The third-order valence-corrected chi connectivity index (χ3v) is 4.01. The number of hydrogen-bond donors (Lipinski definition) is 2. The summed E-state index contributed by atoms with van der Waals surface area (Å²) in [5.74, 6) is 0. The average molecular weight is 298 g/mol. The van der Waals surface area contributed by atoms with Crippen LogP contribution in [0.4, 0.5) is 0 Å². The van der Waals surface area contributed by atoms with Gasteiger partial charge in [-0.15, -0.1) is 0 Å². The zero-order chi connectivity index (χ0) is 13.7. The summed E-state index contributed by atoms with van der Waals surface area (Å²) in [5.41, 5.74) is 7.08. The molecule has 1 aliphatic carbocycles. The fraction of sp³-hybridized carbons (Fsp3) is 0.500. The van der Waals surface area contributed by atoms with Crippen LogP contribution in [0.2, 0.25) is 0 Å². The van der Waals surface area contributed by atoms with Crippen molar-refractivity contribution in [3.05, 3.63) is 36.1 Å².